The fraction of sp³-hybridized carbons (Fsp3) is 0.600. The van der Waals surface area contributed by atoms with Gasteiger partial charge in [-0.3, -0.25) is 14.3 Å². The van der Waals surface area contributed by atoms with Crippen LogP contribution in [0.5, 0.6) is 0 Å². The van der Waals surface area contributed by atoms with Gasteiger partial charge in [0.1, 0.15) is 5.54 Å². The van der Waals surface area contributed by atoms with E-state index in [1.807, 2.05) is 0 Å². The first-order valence-corrected chi connectivity index (χ1v) is 6.73. The van der Waals surface area contributed by atoms with Crippen LogP contribution < -0.4 is 11.1 Å². The molecule has 0 aromatic carbocycles. The Morgan fingerprint density at radius 3 is 2.53 bits per heavy atom. The minimum Gasteiger partial charge on any atom is -0.368 e. The molecule has 3 amide bonds. The Labute approximate surface area is 114 Å². The van der Waals surface area contributed by atoms with Crippen LogP contribution in [0.25, 0.3) is 0 Å². The third-order valence-corrected chi connectivity index (χ3v) is 3.86. The fourth-order valence-electron chi connectivity index (χ4n) is 1.70. The molecule has 1 aromatic rings. The van der Waals surface area contributed by atoms with Gasteiger partial charge in [-0.15, -0.1) is 10.2 Å². The van der Waals surface area contributed by atoms with E-state index in [4.69, 9.17) is 5.73 Å². The Balaban J connectivity index is 1.92. The predicted molar refractivity (Wildman–Crippen MR) is 70.5 cm³/mol. The van der Waals surface area contributed by atoms with Gasteiger partial charge < -0.3 is 11.1 Å². The van der Waals surface area contributed by atoms with Crippen molar-refractivity contribution in [3.63, 3.8) is 0 Å². The number of nitrogens with one attached hydrogen (secondary N) is 1. The van der Waals surface area contributed by atoms with Gasteiger partial charge in [0.15, 0.2) is 5.16 Å². The maximum atomic E-state index is 11.9. The zero-order valence-corrected chi connectivity index (χ0v) is 11.8. The second kappa shape index (κ2) is 4.72. The highest BCUT2D eigenvalue weighted by molar-refractivity contribution is 7.99. The molecule has 104 valence electrons. The van der Waals surface area contributed by atoms with Gasteiger partial charge in [0.25, 0.3) is 5.91 Å². The van der Waals surface area contributed by atoms with E-state index < -0.39 is 5.54 Å². The van der Waals surface area contributed by atoms with E-state index in [9.17, 15) is 9.59 Å². The summed E-state index contributed by atoms with van der Waals surface area (Å²) in [6.07, 6.45) is 0. The second-order valence-electron chi connectivity index (χ2n) is 4.76. The van der Waals surface area contributed by atoms with Gasteiger partial charge in [-0.05, 0) is 13.8 Å². The van der Waals surface area contributed by atoms with Crippen molar-refractivity contribution in [3.8, 4) is 0 Å². The van der Waals surface area contributed by atoms with Gasteiger partial charge >= 0.3 is 6.03 Å². The number of anilines is 1. The van der Waals surface area contributed by atoms with Gasteiger partial charge in [-0.2, -0.15) is 0 Å². The number of amides is 3. The van der Waals surface area contributed by atoms with Crippen LogP contribution in [0.3, 0.4) is 0 Å². The van der Waals surface area contributed by atoms with Crippen LogP contribution >= 0.6 is 11.8 Å². The average molecular weight is 284 g/mol. The molecule has 1 fully saturated rings. The third kappa shape index (κ3) is 2.50. The van der Waals surface area contributed by atoms with Crippen LogP contribution in [0.1, 0.15) is 13.8 Å². The van der Waals surface area contributed by atoms with E-state index in [0.29, 0.717) is 23.4 Å². The molecule has 19 heavy (non-hydrogen) atoms. The molecule has 1 saturated heterocycles. The van der Waals surface area contributed by atoms with E-state index in [1.54, 1.807) is 25.5 Å². The summed E-state index contributed by atoms with van der Waals surface area (Å²) in [5, 5.41) is 10.9. The first-order valence-electron chi connectivity index (χ1n) is 5.74. The zero-order valence-electron chi connectivity index (χ0n) is 11.0. The number of nitrogens with zero attached hydrogens (tertiary/aromatic N) is 4. The number of carbonyl (C=O) groups excluding carboxylic acids is 2. The number of carbonyl (C=O) groups is 2. The summed E-state index contributed by atoms with van der Waals surface area (Å²) in [7, 11) is 1.76. The molecule has 8 nitrogen and oxygen atoms in total. The summed E-state index contributed by atoms with van der Waals surface area (Å²) >= 11 is 1.39. The molecule has 1 aromatic heterocycles. The molecule has 2 rings (SSSR count). The number of nitrogens with two attached hydrogens (primary N) is 1. The zero-order chi connectivity index (χ0) is 14.2. The number of nitrogen functional groups attached to an aromatic ring is 1. The molecule has 0 bridgehead atoms. The van der Waals surface area contributed by atoms with Gasteiger partial charge in [0, 0.05) is 19.3 Å². The standard InChI is InChI=1S/C10H16N6O2S/c1-10(2)6(17)16(8(18)12-10)4-5-19-9-14-13-7(11)15(9)3/h4-5H2,1-3H3,(H2,11,13)(H,12,18). The third-order valence-electron chi connectivity index (χ3n) is 2.86. The van der Waals surface area contributed by atoms with Crippen LogP contribution in [-0.4, -0.2) is 49.4 Å². The van der Waals surface area contributed by atoms with E-state index in [0.717, 1.165) is 0 Å². The number of hydrogen-bond donors (Lipinski definition) is 2. The van der Waals surface area contributed by atoms with Crippen molar-refractivity contribution in [2.75, 3.05) is 18.0 Å². The summed E-state index contributed by atoms with van der Waals surface area (Å²) in [6, 6.07) is -0.354. The number of thioether (sulfide) groups is 1. The summed E-state index contributed by atoms with van der Waals surface area (Å²) in [5.74, 6) is 0.663. The highest BCUT2D eigenvalue weighted by atomic mass is 32.2. The maximum Gasteiger partial charge on any atom is 0.325 e. The monoisotopic (exact) mass is 284 g/mol. The van der Waals surface area contributed by atoms with E-state index in [-0.39, 0.29) is 11.9 Å². The molecule has 0 unspecified atom stereocenters. The smallest absolute Gasteiger partial charge is 0.325 e. The fourth-order valence-corrected chi connectivity index (χ4v) is 2.54. The van der Waals surface area contributed by atoms with Crippen LogP contribution in [0.4, 0.5) is 10.7 Å². The largest absolute Gasteiger partial charge is 0.368 e. The highest BCUT2D eigenvalue weighted by Gasteiger charge is 2.43. The molecule has 1 aliphatic rings. The van der Waals surface area contributed by atoms with E-state index >= 15 is 0 Å². The Bertz CT molecular complexity index is 526. The van der Waals surface area contributed by atoms with Crippen molar-refractivity contribution in [1.29, 1.82) is 0 Å². The normalized spacial score (nSPS) is 17.9. The SMILES string of the molecule is Cn1c(N)nnc1SCCN1C(=O)NC(C)(C)C1=O. The summed E-state index contributed by atoms with van der Waals surface area (Å²) in [4.78, 5) is 24.8. The van der Waals surface area contributed by atoms with Crippen LogP contribution in [0, 0.1) is 0 Å². The molecule has 0 saturated carbocycles. The lowest BCUT2D eigenvalue weighted by Crippen LogP contribution is -2.40. The van der Waals surface area contributed by atoms with Gasteiger partial charge in [-0.1, -0.05) is 11.8 Å². The molecule has 0 aliphatic carbocycles. The summed E-state index contributed by atoms with van der Waals surface area (Å²) in [6.45, 7) is 3.69. The average Bonchev–Trinajstić information content (AvgIpc) is 2.73. The maximum absolute atomic E-state index is 11.9. The molecule has 0 spiro atoms. The van der Waals surface area contributed by atoms with E-state index in [1.165, 1.54) is 16.7 Å². The lowest BCUT2D eigenvalue weighted by molar-refractivity contribution is -0.130. The number of aromatic nitrogens is 3. The molecule has 3 N–H and O–H groups in total. The van der Waals surface area contributed by atoms with Gasteiger partial charge in [0.2, 0.25) is 5.95 Å². The molecule has 0 radical (unpaired) electrons. The van der Waals surface area contributed by atoms with Crippen molar-refractivity contribution in [2.24, 2.45) is 7.05 Å². The lowest BCUT2D eigenvalue weighted by atomic mass is 10.1. The van der Waals surface area contributed by atoms with E-state index in [2.05, 4.69) is 15.5 Å². The van der Waals surface area contributed by atoms with Crippen molar-refractivity contribution < 1.29 is 9.59 Å². The van der Waals surface area contributed by atoms with Gasteiger partial charge in [-0.25, -0.2) is 4.79 Å². The van der Waals surface area contributed by atoms with Crippen LogP contribution in [-0.2, 0) is 11.8 Å². The molecule has 2 heterocycles. The molecular weight excluding hydrogens is 268 g/mol. The Morgan fingerprint density at radius 1 is 1.37 bits per heavy atom. The Kier molecular flexibility index (Phi) is 3.40. The van der Waals surface area contributed by atoms with Crippen LogP contribution in [0.2, 0.25) is 0 Å². The first kappa shape index (κ1) is 13.7. The summed E-state index contributed by atoms with van der Waals surface area (Å²) < 4.78 is 1.65. The minimum atomic E-state index is -0.822. The van der Waals surface area contributed by atoms with Crippen molar-refractivity contribution in [1.82, 2.24) is 25.0 Å². The highest BCUT2D eigenvalue weighted by Crippen LogP contribution is 2.20. The lowest BCUT2D eigenvalue weighted by Gasteiger charge is -2.15. The molecule has 1 aliphatic heterocycles. The van der Waals surface area contributed by atoms with Crippen molar-refractivity contribution in [2.45, 2.75) is 24.5 Å². The van der Waals surface area contributed by atoms with Crippen molar-refractivity contribution in [3.05, 3.63) is 0 Å². The first-order chi connectivity index (χ1) is 8.83. The van der Waals surface area contributed by atoms with Crippen LogP contribution in [0.15, 0.2) is 5.16 Å². The van der Waals surface area contributed by atoms with Crippen molar-refractivity contribution >= 4 is 29.6 Å². The number of rotatable bonds is 4. The number of imide groups is 1. The Morgan fingerprint density at radius 2 is 2.05 bits per heavy atom. The molecular formula is C10H16N6O2S. The van der Waals surface area contributed by atoms with Gasteiger partial charge in [0.05, 0.1) is 0 Å². The minimum absolute atomic E-state index is 0.212. The molecule has 9 heteroatoms. The summed E-state index contributed by atoms with van der Waals surface area (Å²) in [5.41, 5.74) is 4.74. The quantitative estimate of drug-likeness (QED) is 0.587. The predicted octanol–water partition coefficient (Wildman–Crippen LogP) is -0.180. The number of urea groups is 1. The topological polar surface area (TPSA) is 106 Å². The Hall–Kier alpha value is -1.77. The second-order valence-corrected chi connectivity index (χ2v) is 5.82. The molecule has 0 atom stereocenters. The number of hydrogen-bond acceptors (Lipinski definition) is 6.